The Morgan fingerprint density at radius 2 is 2.00 bits per heavy atom. The summed E-state index contributed by atoms with van der Waals surface area (Å²) in [6.07, 6.45) is 4.27. The van der Waals surface area contributed by atoms with Gasteiger partial charge in [-0.3, -0.25) is 0 Å². The van der Waals surface area contributed by atoms with Crippen LogP contribution in [0.5, 0.6) is 0 Å². The summed E-state index contributed by atoms with van der Waals surface area (Å²) >= 11 is 12.3. The average molecular weight is 413 g/mol. The molecule has 0 radical (unpaired) electrons. The Morgan fingerprint density at radius 1 is 1.22 bits per heavy atom. The van der Waals surface area contributed by atoms with Crippen LogP contribution in [0.15, 0.2) is 18.2 Å². The number of likely N-dealkylation sites (N-methyl/N-ethyl adjacent to an activating group) is 1. The summed E-state index contributed by atoms with van der Waals surface area (Å²) in [7, 11) is 1.99. The molecule has 7 heteroatoms. The van der Waals surface area contributed by atoms with E-state index in [1.54, 1.807) is 0 Å². The van der Waals surface area contributed by atoms with Crippen LogP contribution < -0.4 is 10.6 Å². The quantitative estimate of drug-likeness (QED) is 0.719. The Bertz CT molecular complexity index is 634. The highest BCUT2D eigenvalue weighted by atomic mass is 35.5. The number of nitrogens with one attached hydrogen (secondary N) is 2. The van der Waals surface area contributed by atoms with Gasteiger partial charge in [-0.15, -0.1) is 0 Å². The van der Waals surface area contributed by atoms with Gasteiger partial charge in [-0.1, -0.05) is 29.3 Å². The van der Waals surface area contributed by atoms with Gasteiger partial charge in [0.15, 0.2) is 0 Å². The first-order valence-electron chi connectivity index (χ1n) is 9.95. The van der Waals surface area contributed by atoms with Crippen LogP contribution in [-0.2, 0) is 0 Å². The molecule has 2 aliphatic rings. The van der Waals surface area contributed by atoms with Crippen molar-refractivity contribution in [2.24, 2.45) is 0 Å². The van der Waals surface area contributed by atoms with Gasteiger partial charge in [-0.05, 0) is 62.9 Å². The monoisotopic (exact) mass is 412 g/mol. The van der Waals surface area contributed by atoms with Crippen molar-refractivity contribution in [1.29, 1.82) is 0 Å². The molecule has 3 rings (SSSR count). The second-order valence-corrected chi connectivity index (χ2v) is 8.38. The average Bonchev–Trinajstić information content (AvgIpc) is 2.68. The molecule has 0 bridgehead atoms. The van der Waals surface area contributed by atoms with E-state index in [1.807, 2.05) is 24.1 Å². The minimum absolute atomic E-state index is 0.119. The van der Waals surface area contributed by atoms with Crippen LogP contribution in [0.2, 0.25) is 10.0 Å². The maximum Gasteiger partial charge on any atom is 0.317 e. The number of carbonyl (C=O) groups excluding carboxylic acids is 1. The Labute approximate surface area is 172 Å². The van der Waals surface area contributed by atoms with Gasteiger partial charge in [-0.2, -0.15) is 0 Å². The third-order valence-electron chi connectivity index (χ3n) is 5.77. The number of piperidine rings is 1. The summed E-state index contributed by atoms with van der Waals surface area (Å²) in [6.45, 7) is 5.81. The summed E-state index contributed by atoms with van der Waals surface area (Å²) in [6, 6.07) is 6.47. The topological polar surface area (TPSA) is 47.6 Å². The fourth-order valence-corrected chi connectivity index (χ4v) is 4.50. The van der Waals surface area contributed by atoms with E-state index >= 15 is 0 Å². The van der Waals surface area contributed by atoms with Crippen LogP contribution >= 0.6 is 23.2 Å². The maximum atomic E-state index is 12.0. The summed E-state index contributed by atoms with van der Waals surface area (Å²) in [5.74, 6) is 0.412. The van der Waals surface area contributed by atoms with E-state index in [4.69, 9.17) is 23.2 Å². The van der Waals surface area contributed by atoms with Crippen LogP contribution in [0.1, 0.15) is 37.2 Å². The first-order valence-corrected chi connectivity index (χ1v) is 10.7. The van der Waals surface area contributed by atoms with E-state index < -0.39 is 0 Å². The van der Waals surface area contributed by atoms with Gasteiger partial charge in [0.2, 0.25) is 0 Å². The van der Waals surface area contributed by atoms with Crippen molar-refractivity contribution >= 4 is 29.2 Å². The molecule has 0 saturated carbocycles. The smallest absolute Gasteiger partial charge is 0.317 e. The van der Waals surface area contributed by atoms with E-state index in [1.165, 1.54) is 5.56 Å². The molecule has 2 heterocycles. The zero-order chi connectivity index (χ0) is 19.2. The highest BCUT2D eigenvalue weighted by Crippen LogP contribution is 2.28. The lowest BCUT2D eigenvalue weighted by Crippen LogP contribution is -2.54. The number of hydrogen-bond donors (Lipinski definition) is 2. The van der Waals surface area contributed by atoms with E-state index in [9.17, 15) is 4.79 Å². The number of likely N-dealkylation sites (tertiary alicyclic amines) is 1. The fraction of sp³-hybridized carbons (Fsp3) is 0.650. The molecule has 5 nitrogen and oxygen atoms in total. The molecule has 2 fully saturated rings. The third-order valence-corrected chi connectivity index (χ3v) is 6.51. The minimum atomic E-state index is 0.119. The van der Waals surface area contributed by atoms with Gasteiger partial charge in [-0.25, -0.2) is 4.79 Å². The number of hydrogen-bond acceptors (Lipinski definition) is 3. The van der Waals surface area contributed by atoms with Gasteiger partial charge in [0.05, 0.1) is 10.0 Å². The molecule has 27 heavy (non-hydrogen) atoms. The zero-order valence-electron chi connectivity index (χ0n) is 16.0. The van der Waals surface area contributed by atoms with Gasteiger partial charge in [0.1, 0.15) is 0 Å². The van der Waals surface area contributed by atoms with Crippen molar-refractivity contribution in [3.8, 4) is 0 Å². The second-order valence-electron chi connectivity index (χ2n) is 7.57. The number of benzene rings is 1. The number of rotatable bonds is 7. The van der Waals surface area contributed by atoms with Crippen LogP contribution in [0.3, 0.4) is 0 Å². The Hall–Kier alpha value is -1.01. The van der Waals surface area contributed by atoms with Crippen LogP contribution in [0.4, 0.5) is 4.79 Å². The predicted molar refractivity (Wildman–Crippen MR) is 112 cm³/mol. The summed E-state index contributed by atoms with van der Waals surface area (Å²) in [5.41, 5.74) is 1.23. The molecule has 2 saturated heterocycles. The van der Waals surface area contributed by atoms with E-state index in [0.29, 0.717) is 22.0 Å². The van der Waals surface area contributed by atoms with Crippen molar-refractivity contribution < 1.29 is 4.79 Å². The highest BCUT2D eigenvalue weighted by molar-refractivity contribution is 6.42. The molecule has 0 aromatic heterocycles. The van der Waals surface area contributed by atoms with Crippen LogP contribution in [0, 0.1) is 0 Å². The maximum absolute atomic E-state index is 12.0. The molecule has 1 aromatic rings. The van der Waals surface area contributed by atoms with E-state index in [0.717, 1.165) is 65.0 Å². The van der Waals surface area contributed by atoms with Crippen molar-refractivity contribution in [1.82, 2.24) is 20.4 Å². The van der Waals surface area contributed by atoms with Gasteiger partial charge in [0, 0.05) is 38.8 Å². The second kappa shape index (κ2) is 9.97. The SMILES string of the molecule is CNC[C@H](CCN1CCC(N2CCCNC2=O)CC1)c1ccc(Cl)c(Cl)c1. The van der Waals surface area contributed by atoms with Gasteiger partial charge in [0.25, 0.3) is 0 Å². The Kier molecular flexibility index (Phi) is 7.65. The predicted octanol–water partition coefficient (Wildman–Crippen LogP) is 3.57. The van der Waals surface area contributed by atoms with E-state index in [-0.39, 0.29) is 6.03 Å². The first-order chi connectivity index (χ1) is 13.1. The number of nitrogens with zero attached hydrogens (tertiary/aromatic N) is 2. The van der Waals surface area contributed by atoms with Crippen molar-refractivity contribution in [2.75, 3.05) is 46.3 Å². The molecule has 1 atom stereocenters. The van der Waals surface area contributed by atoms with Crippen molar-refractivity contribution in [2.45, 2.75) is 37.6 Å². The molecule has 0 unspecified atom stereocenters. The third kappa shape index (κ3) is 5.50. The lowest BCUT2D eigenvalue weighted by molar-refractivity contribution is 0.110. The fourth-order valence-electron chi connectivity index (χ4n) is 4.19. The summed E-state index contributed by atoms with van der Waals surface area (Å²) < 4.78 is 0. The Balaban J connectivity index is 1.50. The molecular formula is C20H30Cl2N4O. The van der Waals surface area contributed by atoms with Crippen molar-refractivity contribution in [3.63, 3.8) is 0 Å². The number of amides is 2. The first kappa shape index (κ1) is 20.7. The standard InChI is InChI=1S/C20H30Cl2N4O/c1-23-14-16(15-3-4-18(21)19(22)13-15)5-10-25-11-6-17(7-12-25)26-9-2-8-24-20(26)27/h3-4,13,16-17,23H,2,5-12,14H2,1H3,(H,24,27)/t16-/m0/s1. The molecule has 2 aliphatic heterocycles. The number of carbonyl (C=O) groups is 1. The summed E-state index contributed by atoms with van der Waals surface area (Å²) in [4.78, 5) is 16.6. The van der Waals surface area contributed by atoms with Crippen molar-refractivity contribution in [3.05, 3.63) is 33.8 Å². The molecule has 2 N–H and O–H groups in total. The lowest BCUT2D eigenvalue weighted by atomic mass is 9.94. The van der Waals surface area contributed by atoms with Crippen LogP contribution in [0.25, 0.3) is 0 Å². The molecule has 1 aromatic carbocycles. The molecule has 0 aliphatic carbocycles. The summed E-state index contributed by atoms with van der Waals surface area (Å²) in [5, 5.41) is 7.49. The lowest BCUT2D eigenvalue weighted by Gasteiger charge is -2.40. The molecular weight excluding hydrogens is 383 g/mol. The number of halogens is 2. The Morgan fingerprint density at radius 3 is 2.67 bits per heavy atom. The normalized spacial score (nSPS) is 20.6. The highest BCUT2D eigenvalue weighted by Gasteiger charge is 2.29. The molecule has 2 amide bonds. The van der Waals surface area contributed by atoms with Gasteiger partial charge < -0.3 is 20.4 Å². The van der Waals surface area contributed by atoms with Gasteiger partial charge >= 0.3 is 6.03 Å². The number of urea groups is 1. The largest absolute Gasteiger partial charge is 0.338 e. The van der Waals surface area contributed by atoms with E-state index in [2.05, 4.69) is 21.6 Å². The molecule has 150 valence electrons. The zero-order valence-corrected chi connectivity index (χ0v) is 17.5. The minimum Gasteiger partial charge on any atom is -0.338 e. The molecule has 0 spiro atoms. The van der Waals surface area contributed by atoms with Crippen LogP contribution in [-0.4, -0.2) is 68.2 Å².